The van der Waals surface area contributed by atoms with Gasteiger partial charge in [-0.1, -0.05) is 42.5 Å². The third-order valence-corrected chi connectivity index (χ3v) is 7.19. The largest absolute Gasteiger partial charge is 0.356 e. The molecule has 1 N–H and O–H groups in total. The number of hydrogen-bond acceptors (Lipinski definition) is 4. The molecule has 154 valence electrons. The summed E-state index contributed by atoms with van der Waals surface area (Å²) in [6.07, 6.45) is 1.78. The number of ketones is 1. The van der Waals surface area contributed by atoms with Crippen LogP contribution in [0.15, 0.2) is 59.5 Å². The smallest absolute Gasteiger partial charge is 0.243 e. The van der Waals surface area contributed by atoms with Crippen molar-refractivity contribution in [2.24, 2.45) is 5.92 Å². The summed E-state index contributed by atoms with van der Waals surface area (Å²) < 4.78 is 27.0. The number of amides is 1. The molecule has 0 saturated carbocycles. The fourth-order valence-corrected chi connectivity index (χ4v) is 4.96. The van der Waals surface area contributed by atoms with Gasteiger partial charge in [-0.3, -0.25) is 9.59 Å². The van der Waals surface area contributed by atoms with Gasteiger partial charge in [0.15, 0.2) is 5.78 Å². The van der Waals surface area contributed by atoms with E-state index in [2.05, 4.69) is 5.32 Å². The van der Waals surface area contributed by atoms with Crippen LogP contribution >= 0.6 is 0 Å². The molecule has 0 bridgehead atoms. The molecule has 2 aromatic rings. The lowest BCUT2D eigenvalue weighted by molar-refractivity contribution is -0.126. The molecular formula is C22H26N2O4S. The van der Waals surface area contributed by atoms with Crippen molar-refractivity contribution in [1.82, 2.24) is 9.62 Å². The normalized spacial score (nSPS) is 15.8. The number of nitrogens with one attached hydrogen (secondary N) is 1. The number of Topliss-reactive ketones (excluding diaryl/α,β-unsaturated/α-hetero) is 1. The van der Waals surface area contributed by atoms with Gasteiger partial charge in [-0.2, -0.15) is 4.31 Å². The van der Waals surface area contributed by atoms with E-state index in [0.717, 1.165) is 6.42 Å². The van der Waals surface area contributed by atoms with Gasteiger partial charge in [-0.15, -0.1) is 0 Å². The van der Waals surface area contributed by atoms with E-state index in [0.29, 0.717) is 38.0 Å². The summed E-state index contributed by atoms with van der Waals surface area (Å²) in [5.74, 6) is -0.283. The zero-order chi connectivity index (χ0) is 20.9. The van der Waals surface area contributed by atoms with Crippen LogP contribution in [0.2, 0.25) is 0 Å². The molecule has 1 aliphatic rings. The fourth-order valence-electron chi connectivity index (χ4n) is 3.49. The van der Waals surface area contributed by atoms with E-state index < -0.39 is 10.0 Å². The van der Waals surface area contributed by atoms with Gasteiger partial charge in [0, 0.05) is 31.1 Å². The number of rotatable bonds is 7. The molecule has 6 nitrogen and oxygen atoms in total. The van der Waals surface area contributed by atoms with Crippen molar-refractivity contribution in [2.45, 2.75) is 31.1 Å². The highest BCUT2D eigenvalue weighted by atomic mass is 32.2. The van der Waals surface area contributed by atoms with E-state index in [9.17, 15) is 18.0 Å². The number of piperidine rings is 1. The Bertz CT molecular complexity index is 948. The van der Waals surface area contributed by atoms with Crippen LogP contribution in [0.25, 0.3) is 0 Å². The van der Waals surface area contributed by atoms with E-state index in [1.165, 1.54) is 41.1 Å². The highest BCUT2D eigenvalue weighted by molar-refractivity contribution is 7.89. The second-order valence-corrected chi connectivity index (χ2v) is 9.22. The summed E-state index contributed by atoms with van der Waals surface area (Å²) in [6.45, 7) is 2.64. The second-order valence-electron chi connectivity index (χ2n) is 7.29. The van der Waals surface area contributed by atoms with E-state index in [-0.39, 0.29) is 22.5 Å². The van der Waals surface area contributed by atoms with Gasteiger partial charge >= 0.3 is 0 Å². The second kappa shape index (κ2) is 9.33. The minimum Gasteiger partial charge on any atom is -0.356 e. The SMILES string of the molecule is CC(=O)c1ccc(S(=O)(=O)N2CCC(C(=O)NCCc3ccccc3)CC2)cc1. The maximum absolute atomic E-state index is 12.8. The lowest BCUT2D eigenvalue weighted by atomic mass is 9.97. The summed E-state index contributed by atoms with van der Waals surface area (Å²) in [5.41, 5.74) is 1.65. The number of benzene rings is 2. The summed E-state index contributed by atoms with van der Waals surface area (Å²) in [4.78, 5) is 23.9. The first-order chi connectivity index (χ1) is 13.9. The van der Waals surface area contributed by atoms with Crippen molar-refractivity contribution in [3.05, 3.63) is 65.7 Å². The molecule has 0 aromatic heterocycles. The summed E-state index contributed by atoms with van der Waals surface area (Å²) in [7, 11) is -3.62. The van der Waals surface area contributed by atoms with Gasteiger partial charge in [0.2, 0.25) is 15.9 Å². The Morgan fingerprint density at radius 3 is 2.21 bits per heavy atom. The molecule has 7 heteroatoms. The van der Waals surface area contributed by atoms with E-state index in [4.69, 9.17) is 0 Å². The van der Waals surface area contributed by atoms with Crippen LogP contribution in [0, 0.1) is 5.92 Å². The minimum atomic E-state index is -3.62. The predicted molar refractivity (Wildman–Crippen MR) is 111 cm³/mol. The van der Waals surface area contributed by atoms with Crippen LogP contribution in [0.5, 0.6) is 0 Å². The van der Waals surface area contributed by atoms with E-state index in [1.54, 1.807) is 0 Å². The Labute approximate surface area is 172 Å². The maximum Gasteiger partial charge on any atom is 0.243 e. The summed E-state index contributed by atoms with van der Waals surface area (Å²) >= 11 is 0. The number of nitrogens with zero attached hydrogens (tertiary/aromatic N) is 1. The van der Waals surface area contributed by atoms with Gasteiger partial charge < -0.3 is 5.32 Å². The molecule has 0 aliphatic carbocycles. The molecular weight excluding hydrogens is 388 g/mol. The first kappa shape index (κ1) is 21.2. The highest BCUT2D eigenvalue weighted by Gasteiger charge is 2.32. The van der Waals surface area contributed by atoms with Crippen LogP contribution < -0.4 is 5.32 Å². The molecule has 3 rings (SSSR count). The Kier molecular flexibility index (Phi) is 6.82. The molecule has 0 atom stereocenters. The molecule has 1 heterocycles. The van der Waals surface area contributed by atoms with Crippen molar-refractivity contribution in [1.29, 1.82) is 0 Å². The van der Waals surface area contributed by atoms with Gasteiger partial charge in [-0.25, -0.2) is 8.42 Å². The Morgan fingerprint density at radius 2 is 1.62 bits per heavy atom. The summed E-state index contributed by atoms with van der Waals surface area (Å²) in [5, 5.41) is 2.96. The van der Waals surface area contributed by atoms with E-state index >= 15 is 0 Å². The number of sulfonamides is 1. The first-order valence-electron chi connectivity index (χ1n) is 9.81. The van der Waals surface area contributed by atoms with Crippen LogP contribution in [0.1, 0.15) is 35.7 Å². The van der Waals surface area contributed by atoms with Crippen molar-refractivity contribution in [3.8, 4) is 0 Å². The van der Waals surface area contributed by atoms with Crippen LogP contribution in [0.4, 0.5) is 0 Å². The van der Waals surface area contributed by atoms with E-state index in [1.807, 2.05) is 30.3 Å². The fraction of sp³-hybridized carbons (Fsp3) is 0.364. The Morgan fingerprint density at radius 1 is 1.00 bits per heavy atom. The standard InChI is InChI=1S/C22H26N2O4S/c1-17(25)19-7-9-21(10-8-19)29(27,28)24-15-12-20(13-16-24)22(26)23-14-11-18-5-3-2-4-6-18/h2-10,20H,11-16H2,1H3,(H,23,26). The number of carbonyl (C=O) groups excluding carboxylic acids is 2. The zero-order valence-electron chi connectivity index (χ0n) is 16.5. The van der Waals surface area contributed by atoms with Gasteiger partial charge in [0.1, 0.15) is 0 Å². The van der Waals surface area contributed by atoms with Gasteiger partial charge in [0.25, 0.3) is 0 Å². The third-order valence-electron chi connectivity index (χ3n) is 5.28. The molecule has 2 aromatic carbocycles. The number of hydrogen-bond donors (Lipinski definition) is 1. The third kappa shape index (κ3) is 5.31. The van der Waals surface area contributed by atoms with Crippen LogP contribution in [-0.2, 0) is 21.2 Å². The minimum absolute atomic E-state index is 0.0104. The average molecular weight is 415 g/mol. The van der Waals surface area contributed by atoms with Crippen molar-refractivity contribution in [2.75, 3.05) is 19.6 Å². The lowest BCUT2D eigenvalue weighted by Crippen LogP contribution is -2.43. The lowest BCUT2D eigenvalue weighted by Gasteiger charge is -2.30. The summed E-state index contributed by atoms with van der Waals surface area (Å²) in [6, 6.07) is 16.0. The van der Waals surface area contributed by atoms with Crippen molar-refractivity contribution < 1.29 is 18.0 Å². The Hall–Kier alpha value is -2.51. The molecule has 0 unspecified atom stereocenters. The highest BCUT2D eigenvalue weighted by Crippen LogP contribution is 2.24. The number of carbonyl (C=O) groups is 2. The van der Waals surface area contributed by atoms with Crippen LogP contribution in [0.3, 0.4) is 0 Å². The molecule has 0 radical (unpaired) electrons. The first-order valence-corrected chi connectivity index (χ1v) is 11.2. The van der Waals surface area contributed by atoms with Crippen molar-refractivity contribution in [3.63, 3.8) is 0 Å². The average Bonchev–Trinajstić information content (AvgIpc) is 2.74. The molecule has 1 aliphatic heterocycles. The molecule has 1 saturated heterocycles. The topological polar surface area (TPSA) is 83.6 Å². The van der Waals surface area contributed by atoms with Crippen LogP contribution in [-0.4, -0.2) is 44.0 Å². The monoisotopic (exact) mass is 414 g/mol. The van der Waals surface area contributed by atoms with Crippen molar-refractivity contribution >= 4 is 21.7 Å². The van der Waals surface area contributed by atoms with Gasteiger partial charge in [-0.05, 0) is 43.9 Å². The predicted octanol–water partition coefficient (Wildman–Crippen LogP) is 2.65. The molecule has 1 fully saturated rings. The van der Waals surface area contributed by atoms with Gasteiger partial charge in [0.05, 0.1) is 4.90 Å². The maximum atomic E-state index is 12.8. The molecule has 1 amide bonds. The Balaban J connectivity index is 1.51. The molecule has 0 spiro atoms. The quantitative estimate of drug-likeness (QED) is 0.706. The molecule has 29 heavy (non-hydrogen) atoms. The zero-order valence-corrected chi connectivity index (χ0v) is 17.3.